The third-order valence-corrected chi connectivity index (χ3v) is 6.63. The molecule has 1 saturated heterocycles. The molecule has 0 bridgehead atoms. The molecule has 7 nitrogen and oxygen atoms in total. The molecule has 1 fully saturated rings. The van der Waals surface area contributed by atoms with Crippen molar-refractivity contribution in [3.05, 3.63) is 62.8 Å². The zero-order valence-electron chi connectivity index (χ0n) is 18.1. The number of hydrogen-bond donors (Lipinski definition) is 1. The smallest absolute Gasteiger partial charge is 0.336 e. The molecule has 2 aromatic heterocycles. The summed E-state index contributed by atoms with van der Waals surface area (Å²) < 4.78 is 5.38. The predicted octanol–water partition coefficient (Wildman–Crippen LogP) is 2.91. The summed E-state index contributed by atoms with van der Waals surface area (Å²) in [5, 5.41) is 8.43. The Balaban J connectivity index is 1.27. The van der Waals surface area contributed by atoms with E-state index in [0.717, 1.165) is 60.1 Å². The van der Waals surface area contributed by atoms with Crippen LogP contribution < -0.4 is 5.63 Å². The number of carbonyl (C=O) groups excluding carboxylic acids is 1. The number of fused-ring (bicyclic) bond motifs is 2. The fourth-order valence-corrected chi connectivity index (χ4v) is 4.81. The molecule has 3 heterocycles. The van der Waals surface area contributed by atoms with E-state index in [4.69, 9.17) is 4.42 Å². The average molecular weight is 421 g/mol. The topological polar surface area (TPSA) is 82.4 Å². The van der Waals surface area contributed by atoms with Crippen LogP contribution >= 0.6 is 0 Å². The number of rotatable bonds is 3. The van der Waals surface area contributed by atoms with Gasteiger partial charge in [0.15, 0.2) is 5.69 Å². The van der Waals surface area contributed by atoms with E-state index in [1.165, 1.54) is 0 Å². The van der Waals surface area contributed by atoms with Crippen molar-refractivity contribution in [2.75, 3.05) is 26.2 Å². The second-order valence-corrected chi connectivity index (χ2v) is 9.04. The quantitative estimate of drug-likeness (QED) is 0.659. The van der Waals surface area contributed by atoms with E-state index in [1.54, 1.807) is 6.07 Å². The highest BCUT2D eigenvalue weighted by atomic mass is 16.4. The van der Waals surface area contributed by atoms with Crippen LogP contribution in [0, 0.1) is 12.8 Å². The highest BCUT2D eigenvalue weighted by Gasteiger charge is 2.29. The van der Waals surface area contributed by atoms with Crippen molar-refractivity contribution >= 4 is 16.9 Å². The number of hydrogen-bond acceptors (Lipinski definition) is 5. The van der Waals surface area contributed by atoms with Gasteiger partial charge in [-0.05, 0) is 49.3 Å². The summed E-state index contributed by atoms with van der Waals surface area (Å²) in [7, 11) is 0. The minimum atomic E-state index is -0.320. The summed E-state index contributed by atoms with van der Waals surface area (Å²) in [5.74, 6) is 0.628. The number of H-pyrrole nitrogens is 1. The highest BCUT2D eigenvalue weighted by Crippen LogP contribution is 2.27. The molecular formula is C24H28N4O3. The number of nitrogens with one attached hydrogen (secondary N) is 1. The van der Waals surface area contributed by atoms with E-state index in [9.17, 15) is 9.59 Å². The number of benzene rings is 1. The van der Waals surface area contributed by atoms with Crippen molar-refractivity contribution < 1.29 is 9.21 Å². The largest absolute Gasteiger partial charge is 0.423 e. The van der Waals surface area contributed by atoms with Crippen LogP contribution in [0.2, 0.25) is 0 Å². The van der Waals surface area contributed by atoms with Gasteiger partial charge in [0.25, 0.3) is 5.91 Å². The molecule has 7 heteroatoms. The SMILES string of the molecule is Cc1ccc2c(CN3CCN(C(=O)c4n[nH]c5c4C[C@@H](C)CC5)CC3)cc(=O)oc2c1. The van der Waals surface area contributed by atoms with Gasteiger partial charge in [0.1, 0.15) is 5.58 Å². The molecule has 0 radical (unpaired) electrons. The predicted molar refractivity (Wildman–Crippen MR) is 118 cm³/mol. The van der Waals surface area contributed by atoms with Gasteiger partial charge in [-0.3, -0.25) is 14.8 Å². The van der Waals surface area contributed by atoms with Crippen LogP contribution in [0.15, 0.2) is 33.5 Å². The summed E-state index contributed by atoms with van der Waals surface area (Å²) in [6.07, 6.45) is 3.05. The van der Waals surface area contributed by atoms with E-state index in [2.05, 4.69) is 22.0 Å². The zero-order chi connectivity index (χ0) is 21.5. The van der Waals surface area contributed by atoms with Gasteiger partial charge in [-0.15, -0.1) is 0 Å². The molecule has 1 N–H and O–H groups in total. The van der Waals surface area contributed by atoms with Gasteiger partial charge in [0.05, 0.1) is 0 Å². The Bertz CT molecular complexity index is 1190. The molecular weight excluding hydrogens is 392 g/mol. The molecule has 1 aliphatic heterocycles. The van der Waals surface area contributed by atoms with Crippen molar-refractivity contribution in [2.45, 2.75) is 39.7 Å². The summed E-state index contributed by atoms with van der Waals surface area (Å²) in [4.78, 5) is 29.4. The molecule has 162 valence electrons. The summed E-state index contributed by atoms with van der Waals surface area (Å²) in [5.41, 5.74) is 5.20. The molecule has 1 amide bonds. The van der Waals surface area contributed by atoms with E-state index < -0.39 is 0 Å². The van der Waals surface area contributed by atoms with Gasteiger partial charge in [0, 0.05) is 55.4 Å². The third kappa shape index (κ3) is 3.90. The Labute approximate surface area is 181 Å². The van der Waals surface area contributed by atoms with Crippen molar-refractivity contribution in [3.8, 4) is 0 Å². The minimum absolute atomic E-state index is 0.0348. The van der Waals surface area contributed by atoms with Gasteiger partial charge >= 0.3 is 5.63 Å². The second kappa shape index (κ2) is 7.96. The van der Waals surface area contributed by atoms with Crippen LogP contribution in [0.1, 0.15) is 46.2 Å². The standard InChI is InChI=1S/C24H28N4O3/c1-15-4-6-20-19(11-15)23(26-25-20)24(30)28-9-7-27(8-10-28)14-17-13-22(29)31-21-12-16(2)3-5-18(17)21/h3,5,12-13,15H,4,6-11,14H2,1-2H3,(H,25,26)/t15-/m0/s1. The van der Waals surface area contributed by atoms with E-state index in [-0.39, 0.29) is 11.5 Å². The maximum Gasteiger partial charge on any atom is 0.336 e. The summed E-state index contributed by atoms with van der Waals surface area (Å²) in [6, 6.07) is 7.55. The van der Waals surface area contributed by atoms with E-state index in [0.29, 0.717) is 36.8 Å². The van der Waals surface area contributed by atoms with Gasteiger partial charge in [-0.2, -0.15) is 5.10 Å². The Morgan fingerprint density at radius 3 is 2.84 bits per heavy atom. The van der Waals surface area contributed by atoms with Crippen LogP contribution in [-0.2, 0) is 19.4 Å². The molecule has 0 saturated carbocycles. The van der Waals surface area contributed by atoms with Crippen LogP contribution in [-0.4, -0.2) is 52.1 Å². The Hall–Kier alpha value is -2.93. The number of aromatic nitrogens is 2. The molecule has 3 aromatic rings. The fourth-order valence-electron chi connectivity index (χ4n) is 4.81. The highest BCUT2D eigenvalue weighted by molar-refractivity contribution is 5.94. The Morgan fingerprint density at radius 1 is 1.23 bits per heavy atom. The summed E-state index contributed by atoms with van der Waals surface area (Å²) >= 11 is 0. The first-order valence-corrected chi connectivity index (χ1v) is 11.1. The lowest BCUT2D eigenvalue weighted by Gasteiger charge is -2.34. The Morgan fingerprint density at radius 2 is 2.03 bits per heavy atom. The molecule has 1 aliphatic carbocycles. The van der Waals surface area contributed by atoms with Gasteiger partial charge in [0.2, 0.25) is 0 Å². The number of piperazine rings is 1. The van der Waals surface area contributed by atoms with Crippen molar-refractivity contribution in [3.63, 3.8) is 0 Å². The Kier molecular flexibility index (Phi) is 5.14. The maximum absolute atomic E-state index is 13.1. The number of aryl methyl sites for hydroxylation is 2. The molecule has 31 heavy (non-hydrogen) atoms. The molecule has 1 atom stereocenters. The molecule has 1 aromatic carbocycles. The second-order valence-electron chi connectivity index (χ2n) is 9.04. The zero-order valence-corrected chi connectivity index (χ0v) is 18.1. The van der Waals surface area contributed by atoms with Crippen molar-refractivity contribution in [2.24, 2.45) is 5.92 Å². The lowest BCUT2D eigenvalue weighted by Crippen LogP contribution is -2.48. The van der Waals surface area contributed by atoms with Crippen LogP contribution in [0.4, 0.5) is 0 Å². The number of aromatic amines is 1. The summed E-state index contributed by atoms with van der Waals surface area (Å²) in [6.45, 7) is 7.74. The van der Waals surface area contributed by atoms with Gasteiger partial charge in [-0.1, -0.05) is 19.1 Å². The maximum atomic E-state index is 13.1. The van der Waals surface area contributed by atoms with Crippen LogP contribution in [0.25, 0.3) is 11.0 Å². The lowest BCUT2D eigenvalue weighted by molar-refractivity contribution is 0.0621. The van der Waals surface area contributed by atoms with E-state index >= 15 is 0 Å². The van der Waals surface area contributed by atoms with E-state index in [1.807, 2.05) is 30.0 Å². The monoisotopic (exact) mass is 420 g/mol. The van der Waals surface area contributed by atoms with Gasteiger partial charge in [-0.25, -0.2) is 4.79 Å². The third-order valence-electron chi connectivity index (χ3n) is 6.63. The molecule has 0 unspecified atom stereocenters. The number of nitrogens with zero attached hydrogens (tertiary/aromatic N) is 3. The first-order chi connectivity index (χ1) is 15.0. The number of amides is 1. The minimum Gasteiger partial charge on any atom is -0.423 e. The lowest BCUT2D eigenvalue weighted by atomic mass is 9.87. The number of carbonyl (C=O) groups is 1. The normalized spacial score (nSPS) is 19.5. The first-order valence-electron chi connectivity index (χ1n) is 11.1. The fraction of sp³-hybridized carbons (Fsp3) is 0.458. The molecule has 2 aliphatic rings. The van der Waals surface area contributed by atoms with Crippen molar-refractivity contribution in [1.82, 2.24) is 20.0 Å². The van der Waals surface area contributed by atoms with Crippen LogP contribution in [0.5, 0.6) is 0 Å². The van der Waals surface area contributed by atoms with Gasteiger partial charge < -0.3 is 9.32 Å². The van der Waals surface area contributed by atoms with Crippen LogP contribution in [0.3, 0.4) is 0 Å². The molecule has 5 rings (SSSR count). The first kappa shape index (κ1) is 20.0. The average Bonchev–Trinajstić information content (AvgIpc) is 3.16. The van der Waals surface area contributed by atoms with Crippen molar-refractivity contribution in [1.29, 1.82) is 0 Å². The molecule has 0 spiro atoms.